The highest BCUT2D eigenvalue weighted by Crippen LogP contribution is 2.22. The lowest BCUT2D eigenvalue weighted by Gasteiger charge is -2.05. The summed E-state index contributed by atoms with van der Waals surface area (Å²) in [7, 11) is 0. The zero-order chi connectivity index (χ0) is 15.2. The summed E-state index contributed by atoms with van der Waals surface area (Å²) < 4.78 is 1.08. The van der Waals surface area contributed by atoms with E-state index >= 15 is 0 Å². The average molecular weight is 347 g/mol. The maximum absolute atomic E-state index is 3.46. The Balaban J connectivity index is 2.09. The van der Waals surface area contributed by atoms with E-state index in [2.05, 4.69) is 82.3 Å². The van der Waals surface area contributed by atoms with Crippen molar-refractivity contribution in [2.75, 3.05) is 0 Å². The van der Waals surface area contributed by atoms with Gasteiger partial charge in [0.05, 0.1) is 0 Å². The van der Waals surface area contributed by atoms with Gasteiger partial charge < -0.3 is 0 Å². The predicted octanol–water partition coefficient (Wildman–Crippen LogP) is 6.19. The molecule has 0 unspecified atom stereocenters. The first-order valence-corrected chi connectivity index (χ1v) is 7.95. The number of rotatable bonds is 3. The highest BCUT2D eigenvalue weighted by Gasteiger charge is 2.02. The molecule has 0 amide bonds. The maximum Gasteiger partial charge on any atom is 0.0309 e. The summed E-state index contributed by atoms with van der Waals surface area (Å²) >= 11 is 3.46. The second-order valence-corrected chi connectivity index (χ2v) is 5.86. The molecule has 22 heavy (non-hydrogen) atoms. The fourth-order valence-corrected chi connectivity index (χ4v) is 2.52. The van der Waals surface area contributed by atoms with Gasteiger partial charge >= 0.3 is 0 Å². The van der Waals surface area contributed by atoms with Crippen molar-refractivity contribution in [2.45, 2.75) is 0 Å². The highest BCUT2D eigenvalue weighted by molar-refractivity contribution is 9.10. The molecule has 0 saturated heterocycles. The lowest BCUT2D eigenvalue weighted by atomic mass is 9.98. The number of hydrogen-bond donors (Lipinski definition) is 0. The number of hydrogen-bond acceptors (Lipinski definition) is 0. The summed E-state index contributed by atoms with van der Waals surface area (Å²) in [6.45, 7) is 0. The highest BCUT2D eigenvalue weighted by atomic mass is 79.9. The van der Waals surface area contributed by atoms with E-state index < -0.39 is 0 Å². The molecule has 3 aromatic rings. The smallest absolute Gasteiger partial charge is 0.0309 e. The van der Waals surface area contributed by atoms with E-state index in [1.807, 2.05) is 30.3 Å². The van der Waals surface area contributed by atoms with Crippen molar-refractivity contribution in [3.8, 4) is 0 Å². The van der Waals surface area contributed by atoms with Crippen LogP contribution in [0.1, 0.15) is 16.7 Å². The molecular formula is C21H15Br. The monoisotopic (exact) mass is 346 g/mol. The molecule has 0 aliphatic carbocycles. The van der Waals surface area contributed by atoms with E-state index in [1.54, 1.807) is 0 Å². The van der Waals surface area contributed by atoms with Crippen LogP contribution in [-0.2, 0) is 0 Å². The molecule has 0 radical (unpaired) electrons. The van der Waals surface area contributed by atoms with Gasteiger partial charge in [-0.2, -0.15) is 0 Å². The van der Waals surface area contributed by atoms with E-state index in [1.165, 1.54) is 11.1 Å². The maximum atomic E-state index is 3.46. The van der Waals surface area contributed by atoms with Crippen molar-refractivity contribution in [1.29, 1.82) is 0 Å². The van der Waals surface area contributed by atoms with Crippen LogP contribution in [0.4, 0.5) is 0 Å². The Hall–Kier alpha value is -2.34. The summed E-state index contributed by atoms with van der Waals surface area (Å²) in [5, 5.41) is 0. The Morgan fingerprint density at radius 3 is 1.68 bits per heavy atom. The molecule has 1 heteroatoms. The Labute approximate surface area is 139 Å². The van der Waals surface area contributed by atoms with Crippen molar-refractivity contribution < 1.29 is 0 Å². The summed E-state index contributed by atoms with van der Waals surface area (Å²) in [5.74, 6) is 0. The van der Waals surface area contributed by atoms with Gasteiger partial charge in [-0.15, -0.1) is 5.73 Å². The van der Waals surface area contributed by atoms with Crippen LogP contribution >= 0.6 is 15.9 Å². The second-order valence-electron chi connectivity index (χ2n) is 4.95. The molecule has 0 bridgehead atoms. The van der Waals surface area contributed by atoms with Gasteiger partial charge in [-0.05, 0) is 34.9 Å². The third-order valence-electron chi connectivity index (χ3n) is 3.38. The minimum absolute atomic E-state index is 1.08. The third-order valence-corrected chi connectivity index (χ3v) is 3.91. The molecular weight excluding hydrogens is 332 g/mol. The molecule has 3 aromatic carbocycles. The standard InChI is InChI=1S/C21H15Br/c22-20-14-11-17(12-15-20)13-16-21(18-7-3-1-4-8-18)19-9-5-2-6-10-19/h1-15H. The van der Waals surface area contributed by atoms with Crippen molar-refractivity contribution in [3.05, 3.63) is 112 Å². The summed E-state index contributed by atoms with van der Waals surface area (Å²) in [5.41, 5.74) is 8.03. The normalized spacial score (nSPS) is 9.86. The van der Waals surface area contributed by atoms with Gasteiger partial charge in [0.15, 0.2) is 0 Å². The van der Waals surface area contributed by atoms with Gasteiger partial charge in [0.25, 0.3) is 0 Å². The minimum atomic E-state index is 1.08. The van der Waals surface area contributed by atoms with Crippen molar-refractivity contribution in [2.24, 2.45) is 0 Å². The Kier molecular flexibility index (Phi) is 4.70. The van der Waals surface area contributed by atoms with Crippen molar-refractivity contribution >= 4 is 27.6 Å². The van der Waals surface area contributed by atoms with Crippen LogP contribution in [0.5, 0.6) is 0 Å². The molecule has 0 aromatic heterocycles. The van der Waals surface area contributed by atoms with Crippen molar-refractivity contribution in [3.63, 3.8) is 0 Å². The molecule has 0 heterocycles. The van der Waals surface area contributed by atoms with Gasteiger partial charge in [0, 0.05) is 10.0 Å². The first-order chi connectivity index (χ1) is 10.8. The van der Waals surface area contributed by atoms with E-state index in [4.69, 9.17) is 0 Å². The first kappa shape index (κ1) is 14.6. The van der Waals surface area contributed by atoms with E-state index in [0.29, 0.717) is 0 Å². The zero-order valence-corrected chi connectivity index (χ0v) is 13.6. The summed E-state index contributed by atoms with van der Waals surface area (Å²) in [6, 6.07) is 29.0. The average Bonchev–Trinajstić information content (AvgIpc) is 2.59. The minimum Gasteiger partial charge on any atom is -0.111 e. The van der Waals surface area contributed by atoms with E-state index in [0.717, 1.165) is 15.6 Å². The zero-order valence-electron chi connectivity index (χ0n) is 12.0. The largest absolute Gasteiger partial charge is 0.111 e. The van der Waals surface area contributed by atoms with Crippen LogP contribution in [0.2, 0.25) is 0 Å². The van der Waals surface area contributed by atoms with Crippen LogP contribution in [0.3, 0.4) is 0 Å². The lowest BCUT2D eigenvalue weighted by molar-refractivity contribution is 1.55. The molecule has 0 spiro atoms. The Morgan fingerprint density at radius 2 is 1.18 bits per heavy atom. The van der Waals surface area contributed by atoms with Crippen LogP contribution in [-0.4, -0.2) is 0 Å². The molecule has 0 nitrogen and oxygen atoms in total. The van der Waals surface area contributed by atoms with Crippen LogP contribution in [0, 0.1) is 0 Å². The van der Waals surface area contributed by atoms with Crippen LogP contribution < -0.4 is 0 Å². The topological polar surface area (TPSA) is 0 Å². The second kappa shape index (κ2) is 7.09. The van der Waals surface area contributed by atoms with Crippen LogP contribution in [0.25, 0.3) is 11.6 Å². The summed E-state index contributed by atoms with van der Waals surface area (Å²) in [4.78, 5) is 0. The fraction of sp³-hybridized carbons (Fsp3) is 0. The number of benzene rings is 3. The molecule has 0 saturated carbocycles. The van der Waals surface area contributed by atoms with Gasteiger partial charge in [0.2, 0.25) is 0 Å². The molecule has 0 N–H and O–H groups in total. The Bertz CT molecular complexity index is 752. The van der Waals surface area contributed by atoms with Crippen molar-refractivity contribution in [1.82, 2.24) is 0 Å². The SMILES string of the molecule is Brc1ccc(C=C=C(c2ccccc2)c2ccccc2)cc1. The molecule has 0 fully saturated rings. The molecule has 106 valence electrons. The fourth-order valence-electron chi connectivity index (χ4n) is 2.26. The van der Waals surface area contributed by atoms with Gasteiger partial charge in [-0.25, -0.2) is 0 Å². The molecule has 3 rings (SSSR count). The van der Waals surface area contributed by atoms with Gasteiger partial charge in [0.1, 0.15) is 0 Å². The van der Waals surface area contributed by atoms with E-state index in [9.17, 15) is 0 Å². The van der Waals surface area contributed by atoms with E-state index in [-0.39, 0.29) is 0 Å². The summed E-state index contributed by atoms with van der Waals surface area (Å²) in [6.07, 6.45) is 2.03. The predicted molar refractivity (Wildman–Crippen MR) is 97.5 cm³/mol. The van der Waals surface area contributed by atoms with Crippen LogP contribution in [0.15, 0.2) is 95.1 Å². The first-order valence-electron chi connectivity index (χ1n) is 7.16. The molecule has 0 aliphatic rings. The lowest BCUT2D eigenvalue weighted by Crippen LogP contribution is -1.85. The third kappa shape index (κ3) is 3.65. The quantitative estimate of drug-likeness (QED) is 0.495. The van der Waals surface area contributed by atoms with Gasteiger partial charge in [-0.1, -0.05) is 88.7 Å². The van der Waals surface area contributed by atoms with Gasteiger partial charge in [-0.3, -0.25) is 0 Å². The number of halogens is 1. The molecule has 0 atom stereocenters. The molecule has 0 aliphatic heterocycles. The Morgan fingerprint density at radius 1 is 0.682 bits per heavy atom.